The topological polar surface area (TPSA) is 69.0 Å². The lowest BCUT2D eigenvalue weighted by molar-refractivity contribution is 0.103. The monoisotopic (exact) mass is 344 g/mol. The van der Waals surface area contributed by atoms with Crippen molar-refractivity contribution in [1.29, 1.82) is 0 Å². The first-order chi connectivity index (χ1) is 11.5. The van der Waals surface area contributed by atoms with Crippen LogP contribution in [-0.2, 0) is 6.54 Å². The molecule has 0 bridgehead atoms. The molecular weight excluding hydrogens is 324 g/mol. The van der Waals surface area contributed by atoms with E-state index in [1.807, 2.05) is 17.7 Å². The molecule has 3 aromatic rings. The number of methoxy groups -OCH3 is 1. The van der Waals surface area contributed by atoms with Crippen LogP contribution in [0.1, 0.15) is 29.2 Å². The van der Waals surface area contributed by atoms with Crippen molar-refractivity contribution in [3.63, 3.8) is 0 Å². The number of ether oxygens (including phenoxy) is 1. The van der Waals surface area contributed by atoms with Gasteiger partial charge in [0.15, 0.2) is 0 Å². The summed E-state index contributed by atoms with van der Waals surface area (Å²) in [6.07, 6.45) is 1.58. The fourth-order valence-corrected chi connectivity index (χ4v) is 3.53. The molecule has 0 spiro atoms. The Hall–Kier alpha value is -2.41. The van der Waals surface area contributed by atoms with E-state index >= 15 is 0 Å². The SMILES string of the molecule is COc1ccc(NC(=O)c2cc3c(C)nn(CC(C)C)c3s2)cn1. The first-order valence-corrected chi connectivity index (χ1v) is 8.58. The number of anilines is 1. The largest absolute Gasteiger partial charge is 0.481 e. The van der Waals surface area contributed by atoms with Crippen molar-refractivity contribution in [1.82, 2.24) is 14.8 Å². The van der Waals surface area contributed by atoms with Crippen LogP contribution in [0.5, 0.6) is 5.88 Å². The van der Waals surface area contributed by atoms with Gasteiger partial charge in [-0.25, -0.2) is 4.98 Å². The summed E-state index contributed by atoms with van der Waals surface area (Å²) in [5.41, 5.74) is 1.59. The van der Waals surface area contributed by atoms with E-state index in [9.17, 15) is 4.79 Å². The third kappa shape index (κ3) is 3.26. The molecule has 0 unspecified atom stereocenters. The van der Waals surface area contributed by atoms with Crippen LogP contribution in [0.25, 0.3) is 10.2 Å². The fraction of sp³-hybridized carbons (Fsp3) is 0.353. The van der Waals surface area contributed by atoms with E-state index in [0.29, 0.717) is 22.4 Å². The predicted octanol–water partition coefficient (Wildman–Crippen LogP) is 3.72. The van der Waals surface area contributed by atoms with Gasteiger partial charge in [-0.2, -0.15) is 5.10 Å². The Kier molecular flexibility index (Phi) is 4.53. The van der Waals surface area contributed by atoms with E-state index in [2.05, 4.69) is 29.2 Å². The van der Waals surface area contributed by atoms with Gasteiger partial charge in [0.25, 0.3) is 5.91 Å². The number of carbonyl (C=O) groups excluding carboxylic acids is 1. The number of nitrogens with one attached hydrogen (secondary N) is 1. The van der Waals surface area contributed by atoms with Crippen molar-refractivity contribution in [3.8, 4) is 5.88 Å². The van der Waals surface area contributed by atoms with Crippen LogP contribution in [0.15, 0.2) is 24.4 Å². The maximum Gasteiger partial charge on any atom is 0.265 e. The number of aryl methyl sites for hydroxylation is 1. The highest BCUT2D eigenvalue weighted by Crippen LogP contribution is 2.29. The molecule has 1 amide bonds. The van der Waals surface area contributed by atoms with E-state index in [1.165, 1.54) is 11.3 Å². The van der Waals surface area contributed by atoms with Crippen LogP contribution < -0.4 is 10.1 Å². The lowest BCUT2D eigenvalue weighted by Crippen LogP contribution is -2.10. The summed E-state index contributed by atoms with van der Waals surface area (Å²) in [6, 6.07) is 5.39. The number of rotatable bonds is 5. The Morgan fingerprint density at radius 2 is 2.21 bits per heavy atom. The van der Waals surface area contributed by atoms with E-state index in [0.717, 1.165) is 22.5 Å². The number of thiophene rings is 1. The molecule has 126 valence electrons. The number of aromatic nitrogens is 3. The molecule has 3 rings (SSSR count). The third-order valence-corrected chi connectivity index (χ3v) is 4.72. The van der Waals surface area contributed by atoms with Crippen LogP contribution in [0.3, 0.4) is 0 Å². The molecule has 0 fully saturated rings. The third-order valence-electron chi connectivity index (χ3n) is 3.57. The maximum absolute atomic E-state index is 12.5. The first kappa shape index (κ1) is 16.4. The van der Waals surface area contributed by atoms with Gasteiger partial charge in [-0.15, -0.1) is 11.3 Å². The number of carbonyl (C=O) groups is 1. The fourth-order valence-electron chi connectivity index (χ4n) is 2.46. The molecule has 0 aromatic carbocycles. The van der Waals surface area contributed by atoms with E-state index in [4.69, 9.17) is 4.74 Å². The zero-order valence-corrected chi connectivity index (χ0v) is 15.0. The summed E-state index contributed by atoms with van der Waals surface area (Å²) < 4.78 is 7.01. The summed E-state index contributed by atoms with van der Waals surface area (Å²) in [4.78, 5) is 18.3. The molecule has 0 saturated heterocycles. The Morgan fingerprint density at radius 1 is 1.42 bits per heavy atom. The second kappa shape index (κ2) is 6.60. The summed E-state index contributed by atoms with van der Waals surface area (Å²) >= 11 is 1.47. The second-order valence-corrected chi connectivity index (χ2v) is 7.06. The van der Waals surface area contributed by atoms with Crippen molar-refractivity contribution < 1.29 is 9.53 Å². The molecule has 3 aromatic heterocycles. The van der Waals surface area contributed by atoms with E-state index < -0.39 is 0 Å². The van der Waals surface area contributed by atoms with Crippen LogP contribution in [0.2, 0.25) is 0 Å². The zero-order chi connectivity index (χ0) is 17.3. The Labute approximate surface area is 144 Å². The van der Waals surface area contributed by atoms with Gasteiger partial charge in [-0.3, -0.25) is 9.48 Å². The molecule has 0 saturated carbocycles. The molecule has 0 radical (unpaired) electrons. The maximum atomic E-state index is 12.5. The minimum atomic E-state index is -0.140. The van der Waals surface area contributed by atoms with Crippen LogP contribution in [0, 0.1) is 12.8 Å². The van der Waals surface area contributed by atoms with E-state index in [-0.39, 0.29) is 5.91 Å². The van der Waals surface area contributed by atoms with Gasteiger partial charge in [0, 0.05) is 18.0 Å². The zero-order valence-electron chi connectivity index (χ0n) is 14.2. The quantitative estimate of drug-likeness (QED) is 0.766. The molecule has 0 atom stereocenters. The molecule has 24 heavy (non-hydrogen) atoms. The molecule has 1 N–H and O–H groups in total. The minimum Gasteiger partial charge on any atom is -0.481 e. The Bertz CT molecular complexity index is 865. The minimum absolute atomic E-state index is 0.140. The first-order valence-electron chi connectivity index (χ1n) is 7.76. The standard InChI is InChI=1S/C17H20N4O2S/c1-10(2)9-21-17-13(11(3)20-21)7-14(24-17)16(22)19-12-5-6-15(23-4)18-8-12/h5-8,10H,9H2,1-4H3,(H,19,22). The van der Waals surface area contributed by atoms with Crippen molar-refractivity contribution in [2.75, 3.05) is 12.4 Å². The molecular formula is C17H20N4O2S. The lowest BCUT2D eigenvalue weighted by Gasteiger charge is -2.05. The number of fused-ring (bicyclic) bond motifs is 1. The van der Waals surface area contributed by atoms with Crippen LogP contribution >= 0.6 is 11.3 Å². The Balaban J connectivity index is 1.84. The van der Waals surface area contributed by atoms with Gasteiger partial charge in [0.1, 0.15) is 4.83 Å². The van der Waals surface area contributed by atoms with Gasteiger partial charge >= 0.3 is 0 Å². The summed E-state index contributed by atoms with van der Waals surface area (Å²) in [7, 11) is 1.56. The molecule has 6 nitrogen and oxygen atoms in total. The summed E-state index contributed by atoms with van der Waals surface area (Å²) in [6.45, 7) is 7.12. The number of amides is 1. The Morgan fingerprint density at radius 3 is 2.83 bits per heavy atom. The number of hydrogen-bond acceptors (Lipinski definition) is 5. The van der Waals surface area contributed by atoms with Gasteiger partial charge in [-0.05, 0) is 25.0 Å². The molecule has 0 aliphatic carbocycles. The van der Waals surface area contributed by atoms with Crippen LogP contribution in [0.4, 0.5) is 5.69 Å². The average Bonchev–Trinajstić information content (AvgIpc) is 3.10. The second-order valence-electron chi connectivity index (χ2n) is 6.03. The van der Waals surface area contributed by atoms with Crippen molar-refractivity contribution in [3.05, 3.63) is 35.0 Å². The van der Waals surface area contributed by atoms with Gasteiger partial charge in [-0.1, -0.05) is 13.8 Å². The molecule has 3 heterocycles. The smallest absolute Gasteiger partial charge is 0.265 e. The van der Waals surface area contributed by atoms with Gasteiger partial charge in [0.05, 0.1) is 29.6 Å². The summed E-state index contributed by atoms with van der Waals surface area (Å²) in [5.74, 6) is 0.871. The number of nitrogens with zero attached hydrogens (tertiary/aromatic N) is 3. The van der Waals surface area contributed by atoms with Gasteiger partial charge in [0.2, 0.25) is 5.88 Å². The highest BCUT2D eigenvalue weighted by Gasteiger charge is 2.17. The summed E-state index contributed by atoms with van der Waals surface area (Å²) in [5, 5.41) is 8.47. The number of pyridine rings is 1. The highest BCUT2D eigenvalue weighted by molar-refractivity contribution is 7.20. The lowest BCUT2D eigenvalue weighted by atomic mass is 10.2. The molecule has 7 heteroatoms. The predicted molar refractivity (Wildman–Crippen MR) is 95.9 cm³/mol. The molecule has 0 aliphatic rings. The van der Waals surface area contributed by atoms with Crippen molar-refractivity contribution >= 4 is 33.1 Å². The normalized spacial score (nSPS) is 11.2. The highest BCUT2D eigenvalue weighted by atomic mass is 32.1. The van der Waals surface area contributed by atoms with Crippen molar-refractivity contribution in [2.45, 2.75) is 27.3 Å². The van der Waals surface area contributed by atoms with E-state index in [1.54, 1.807) is 25.4 Å². The number of hydrogen-bond donors (Lipinski definition) is 1. The average molecular weight is 344 g/mol. The van der Waals surface area contributed by atoms with Crippen LogP contribution in [-0.4, -0.2) is 27.8 Å². The van der Waals surface area contributed by atoms with Gasteiger partial charge < -0.3 is 10.1 Å². The van der Waals surface area contributed by atoms with Crippen molar-refractivity contribution in [2.24, 2.45) is 5.92 Å². The molecule has 0 aliphatic heterocycles.